The van der Waals surface area contributed by atoms with Crippen LogP contribution in [0.3, 0.4) is 0 Å². The summed E-state index contributed by atoms with van der Waals surface area (Å²) in [6, 6.07) is 8.31. The number of benzene rings is 1. The van der Waals surface area contributed by atoms with Crippen LogP contribution in [-0.4, -0.2) is 10.2 Å². The summed E-state index contributed by atoms with van der Waals surface area (Å²) in [6.45, 7) is 1.98. The highest BCUT2D eigenvalue weighted by Crippen LogP contribution is 2.19. The van der Waals surface area contributed by atoms with Gasteiger partial charge >= 0.3 is 0 Å². The number of nitrogens with zero attached hydrogens (tertiary/aromatic N) is 1. The molecule has 0 aliphatic heterocycles. The summed E-state index contributed by atoms with van der Waals surface area (Å²) in [5, 5.41) is 6.70. The molecule has 1 atom stereocenters. The highest BCUT2D eigenvalue weighted by atomic mass is 15.1. The summed E-state index contributed by atoms with van der Waals surface area (Å²) < 4.78 is 0. The van der Waals surface area contributed by atoms with Crippen LogP contribution in [-0.2, 0) is 0 Å². The Morgan fingerprint density at radius 1 is 1.21 bits per heavy atom. The third-order valence-electron chi connectivity index (χ3n) is 2.27. The van der Waals surface area contributed by atoms with Crippen LogP contribution in [0.25, 0.3) is 11.1 Å². The molecule has 3 nitrogen and oxygen atoms in total. The monoisotopic (exact) mass is 187 g/mol. The summed E-state index contributed by atoms with van der Waals surface area (Å²) in [7, 11) is 0. The first-order chi connectivity index (χ1) is 6.77. The number of H-pyrrole nitrogens is 1. The van der Waals surface area contributed by atoms with E-state index in [9.17, 15) is 0 Å². The fraction of sp³-hybridized carbons (Fsp3) is 0.182. The van der Waals surface area contributed by atoms with Gasteiger partial charge in [0, 0.05) is 17.8 Å². The van der Waals surface area contributed by atoms with Crippen molar-refractivity contribution >= 4 is 0 Å². The first-order valence-corrected chi connectivity index (χ1v) is 4.62. The minimum atomic E-state index is 0.0911. The predicted octanol–water partition coefficient (Wildman–Crippen LogP) is 2.10. The number of rotatable bonds is 2. The Morgan fingerprint density at radius 3 is 2.43 bits per heavy atom. The molecule has 1 aromatic heterocycles. The highest BCUT2D eigenvalue weighted by molar-refractivity contribution is 5.61. The number of aromatic nitrogens is 2. The van der Waals surface area contributed by atoms with E-state index >= 15 is 0 Å². The first-order valence-electron chi connectivity index (χ1n) is 4.62. The van der Waals surface area contributed by atoms with Gasteiger partial charge in [-0.3, -0.25) is 5.10 Å². The van der Waals surface area contributed by atoms with Crippen LogP contribution in [0, 0.1) is 0 Å². The molecule has 0 saturated heterocycles. The van der Waals surface area contributed by atoms with Crippen molar-refractivity contribution in [2.45, 2.75) is 13.0 Å². The van der Waals surface area contributed by atoms with Crippen LogP contribution in [0.4, 0.5) is 0 Å². The van der Waals surface area contributed by atoms with Gasteiger partial charge in [-0.15, -0.1) is 0 Å². The summed E-state index contributed by atoms with van der Waals surface area (Å²) in [5.74, 6) is 0. The van der Waals surface area contributed by atoms with Crippen molar-refractivity contribution in [3.05, 3.63) is 42.2 Å². The molecule has 0 aliphatic rings. The van der Waals surface area contributed by atoms with Gasteiger partial charge in [-0.25, -0.2) is 0 Å². The van der Waals surface area contributed by atoms with Gasteiger partial charge in [-0.2, -0.15) is 5.10 Å². The fourth-order valence-electron chi connectivity index (χ4n) is 1.39. The Kier molecular flexibility index (Phi) is 2.33. The molecule has 0 fully saturated rings. The van der Waals surface area contributed by atoms with E-state index in [4.69, 9.17) is 5.73 Å². The molecule has 0 radical (unpaired) electrons. The lowest BCUT2D eigenvalue weighted by Gasteiger charge is -2.05. The summed E-state index contributed by atoms with van der Waals surface area (Å²) >= 11 is 0. The van der Waals surface area contributed by atoms with E-state index in [1.54, 1.807) is 6.20 Å². The van der Waals surface area contributed by atoms with Gasteiger partial charge in [0.25, 0.3) is 0 Å². The van der Waals surface area contributed by atoms with Crippen LogP contribution >= 0.6 is 0 Å². The molecule has 0 unspecified atom stereocenters. The molecule has 1 heterocycles. The number of nitrogens with two attached hydrogens (primary N) is 1. The zero-order valence-electron chi connectivity index (χ0n) is 8.07. The summed E-state index contributed by atoms with van der Waals surface area (Å²) in [5.41, 5.74) is 9.17. The minimum Gasteiger partial charge on any atom is -0.324 e. The van der Waals surface area contributed by atoms with Gasteiger partial charge in [0.05, 0.1) is 6.20 Å². The molecule has 0 saturated carbocycles. The van der Waals surface area contributed by atoms with Crippen molar-refractivity contribution in [3.8, 4) is 11.1 Å². The van der Waals surface area contributed by atoms with E-state index in [-0.39, 0.29) is 6.04 Å². The topological polar surface area (TPSA) is 54.7 Å². The van der Waals surface area contributed by atoms with Gasteiger partial charge in [0.1, 0.15) is 0 Å². The number of aromatic amines is 1. The zero-order chi connectivity index (χ0) is 9.97. The molecule has 2 aromatic rings. The summed E-state index contributed by atoms with van der Waals surface area (Å²) in [4.78, 5) is 0. The average Bonchev–Trinajstić information content (AvgIpc) is 2.71. The molecule has 0 amide bonds. The second-order valence-electron chi connectivity index (χ2n) is 3.40. The smallest absolute Gasteiger partial charge is 0.0565 e. The molecule has 0 spiro atoms. The molecular formula is C11H13N3. The van der Waals surface area contributed by atoms with E-state index in [1.165, 1.54) is 0 Å². The Bertz CT molecular complexity index is 387. The first kappa shape index (κ1) is 8.97. The zero-order valence-corrected chi connectivity index (χ0v) is 8.07. The average molecular weight is 187 g/mol. The van der Waals surface area contributed by atoms with Crippen molar-refractivity contribution in [3.63, 3.8) is 0 Å². The Labute approximate surface area is 83.0 Å². The maximum Gasteiger partial charge on any atom is 0.0565 e. The van der Waals surface area contributed by atoms with Crippen molar-refractivity contribution in [1.29, 1.82) is 0 Å². The number of hydrogen-bond donors (Lipinski definition) is 2. The van der Waals surface area contributed by atoms with Crippen LogP contribution in [0.1, 0.15) is 18.5 Å². The van der Waals surface area contributed by atoms with E-state index in [0.29, 0.717) is 0 Å². The van der Waals surface area contributed by atoms with Crippen molar-refractivity contribution in [1.82, 2.24) is 10.2 Å². The van der Waals surface area contributed by atoms with E-state index in [2.05, 4.69) is 22.3 Å². The largest absolute Gasteiger partial charge is 0.324 e. The normalized spacial score (nSPS) is 12.7. The molecule has 72 valence electrons. The second kappa shape index (κ2) is 3.64. The number of hydrogen-bond acceptors (Lipinski definition) is 2. The van der Waals surface area contributed by atoms with Crippen LogP contribution < -0.4 is 5.73 Å². The van der Waals surface area contributed by atoms with Crippen LogP contribution in [0.2, 0.25) is 0 Å². The Balaban J connectivity index is 2.31. The van der Waals surface area contributed by atoms with E-state index in [0.717, 1.165) is 16.7 Å². The van der Waals surface area contributed by atoms with Crippen LogP contribution in [0.5, 0.6) is 0 Å². The van der Waals surface area contributed by atoms with E-state index < -0.39 is 0 Å². The lowest BCUT2D eigenvalue weighted by atomic mass is 10.0. The molecule has 3 heteroatoms. The third kappa shape index (κ3) is 1.67. The van der Waals surface area contributed by atoms with Gasteiger partial charge in [0.2, 0.25) is 0 Å². The molecular weight excluding hydrogens is 174 g/mol. The van der Waals surface area contributed by atoms with Crippen molar-refractivity contribution in [2.75, 3.05) is 0 Å². The molecule has 0 aliphatic carbocycles. The van der Waals surface area contributed by atoms with Gasteiger partial charge in [-0.1, -0.05) is 24.3 Å². The Hall–Kier alpha value is -1.61. The number of nitrogens with one attached hydrogen (secondary N) is 1. The quantitative estimate of drug-likeness (QED) is 0.756. The summed E-state index contributed by atoms with van der Waals surface area (Å²) in [6.07, 6.45) is 3.68. The Morgan fingerprint density at radius 2 is 1.93 bits per heavy atom. The van der Waals surface area contributed by atoms with Gasteiger partial charge in [0.15, 0.2) is 0 Å². The molecule has 2 rings (SSSR count). The molecule has 1 aromatic carbocycles. The SMILES string of the molecule is C[C@H](N)c1ccc(-c2cn[nH]c2)cc1. The van der Waals surface area contributed by atoms with Gasteiger partial charge < -0.3 is 5.73 Å². The maximum absolute atomic E-state index is 5.76. The molecule has 0 bridgehead atoms. The lowest BCUT2D eigenvalue weighted by molar-refractivity contribution is 0.818. The van der Waals surface area contributed by atoms with E-state index in [1.807, 2.05) is 25.3 Å². The van der Waals surface area contributed by atoms with Crippen molar-refractivity contribution in [2.24, 2.45) is 5.73 Å². The fourth-order valence-corrected chi connectivity index (χ4v) is 1.39. The third-order valence-corrected chi connectivity index (χ3v) is 2.27. The standard InChI is InChI=1S/C11H13N3/c1-8(12)9-2-4-10(5-3-9)11-6-13-14-7-11/h2-8H,12H2,1H3,(H,13,14)/t8-/m0/s1. The minimum absolute atomic E-state index is 0.0911. The van der Waals surface area contributed by atoms with Crippen LogP contribution in [0.15, 0.2) is 36.7 Å². The predicted molar refractivity (Wildman–Crippen MR) is 56.6 cm³/mol. The lowest BCUT2D eigenvalue weighted by Crippen LogP contribution is -2.04. The molecule has 3 N–H and O–H groups in total. The van der Waals surface area contributed by atoms with Gasteiger partial charge in [-0.05, 0) is 18.1 Å². The maximum atomic E-state index is 5.76. The highest BCUT2D eigenvalue weighted by Gasteiger charge is 2.01. The second-order valence-corrected chi connectivity index (χ2v) is 3.40. The van der Waals surface area contributed by atoms with Crippen molar-refractivity contribution < 1.29 is 0 Å². The molecule has 14 heavy (non-hydrogen) atoms.